The molecule has 2 heterocycles. The maximum absolute atomic E-state index is 13.0. The molecule has 2 aromatic heterocycles. The van der Waals surface area contributed by atoms with Gasteiger partial charge in [-0.25, -0.2) is 9.97 Å². The zero-order chi connectivity index (χ0) is 25.8. The highest BCUT2D eigenvalue weighted by atomic mass is 16.5. The Morgan fingerprint density at radius 3 is 2.75 bits per heavy atom. The highest BCUT2D eigenvalue weighted by molar-refractivity contribution is 5.84. The molecule has 3 rings (SSSR count). The van der Waals surface area contributed by atoms with Crippen LogP contribution in [0.5, 0.6) is 5.75 Å². The Morgan fingerprint density at radius 1 is 1.17 bits per heavy atom. The number of anilines is 1. The average Bonchev–Trinajstić information content (AvgIpc) is 3.42. The third-order valence-electron chi connectivity index (χ3n) is 5.62. The molecule has 0 saturated heterocycles. The van der Waals surface area contributed by atoms with E-state index in [-0.39, 0.29) is 5.91 Å². The first-order valence-electron chi connectivity index (χ1n) is 12.6. The fourth-order valence-electron chi connectivity index (χ4n) is 3.81. The zero-order valence-corrected chi connectivity index (χ0v) is 21.7. The van der Waals surface area contributed by atoms with Gasteiger partial charge < -0.3 is 20.1 Å². The number of hydrogen-bond donors (Lipinski definition) is 2. The summed E-state index contributed by atoms with van der Waals surface area (Å²) < 4.78 is 12.5. The predicted molar refractivity (Wildman–Crippen MR) is 141 cm³/mol. The van der Waals surface area contributed by atoms with Crippen LogP contribution in [-0.4, -0.2) is 58.3 Å². The molecule has 0 saturated carbocycles. The summed E-state index contributed by atoms with van der Waals surface area (Å²) in [4.78, 5) is 26.6. The number of ether oxygens (including phenoxy) is 2. The van der Waals surface area contributed by atoms with Crippen molar-refractivity contribution >= 4 is 11.7 Å². The van der Waals surface area contributed by atoms with Crippen molar-refractivity contribution < 1.29 is 14.3 Å². The van der Waals surface area contributed by atoms with E-state index in [2.05, 4.69) is 40.5 Å². The van der Waals surface area contributed by atoms with Crippen LogP contribution in [0.2, 0.25) is 0 Å². The number of nitrogens with one attached hydrogen (secondary N) is 2. The van der Waals surface area contributed by atoms with Gasteiger partial charge in [0.05, 0.1) is 7.11 Å². The molecule has 1 aromatic carbocycles. The third kappa shape index (κ3) is 8.64. The molecule has 0 aliphatic heterocycles. The Hall–Kier alpha value is -3.46. The van der Waals surface area contributed by atoms with Gasteiger partial charge >= 0.3 is 0 Å². The summed E-state index contributed by atoms with van der Waals surface area (Å²) in [5, 5.41) is 6.40. The van der Waals surface area contributed by atoms with Gasteiger partial charge in [0.2, 0.25) is 11.9 Å². The van der Waals surface area contributed by atoms with Crippen molar-refractivity contribution in [1.29, 1.82) is 0 Å². The first-order valence-corrected chi connectivity index (χ1v) is 12.6. The third-order valence-corrected chi connectivity index (χ3v) is 5.62. The number of carbonyl (C=O) groups is 1. The van der Waals surface area contributed by atoms with Gasteiger partial charge in [-0.2, -0.15) is 4.98 Å². The maximum atomic E-state index is 13.0. The summed E-state index contributed by atoms with van der Waals surface area (Å²) >= 11 is 0. The standard InChI is InChI=1S/C27H38N6O3/c1-5-36-15-7-12-29-26(34)24(16-20(2)3)31-25-18-22(30-27(32-25)33-14-13-28-19-33)11-10-21-8-6-9-23(17-21)35-4/h6,8-9,13-14,17-20,24H,5,7,10-12,15-16H2,1-4H3,(H,29,34)(H,30,31,32)/t24-/m0/s1. The van der Waals surface area contributed by atoms with Crippen molar-refractivity contribution in [1.82, 2.24) is 24.8 Å². The molecule has 9 nitrogen and oxygen atoms in total. The zero-order valence-electron chi connectivity index (χ0n) is 21.7. The van der Waals surface area contributed by atoms with Crippen LogP contribution in [0.15, 0.2) is 49.1 Å². The first kappa shape index (κ1) is 27.1. The SMILES string of the molecule is CCOCCCNC(=O)[C@H](CC(C)C)Nc1cc(CCc2cccc(OC)c2)nc(-n2ccnc2)n1. The van der Waals surface area contributed by atoms with Crippen LogP contribution in [0, 0.1) is 5.92 Å². The van der Waals surface area contributed by atoms with Gasteiger partial charge in [-0.3, -0.25) is 9.36 Å². The van der Waals surface area contributed by atoms with E-state index < -0.39 is 6.04 Å². The van der Waals surface area contributed by atoms with Crippen molar-refractivity contribution in [2.45, 2.75) is 52.5 Å². The molecule has 0 bridgehead atoms. The number of hydrogen-bond acceptors (Lipinski definition) is 7. The molecule has 1 amide bonds. The van der Waals surface area contributed by atoms with Gasteiger partial charge in [0.1, 0.15) is 23.9 Å². The topological polar surface area (TPSA) is 103 Å². The summed E-state index contributed by atoms with van der Waals surface area (Å²) in [6, 6.07) is 9.55. The molecule has 0 radical (unpaired) electrons. The highest BCUT2D eigenvalue weighted by Crippen LogP contribution is 2.18. The monoisotopic (exact) mass is 494 g/mol. The molecule has 0 fully saturated rings. The van der Waals surface area contributed by atoms with E-state index in [9.17, 15) is 4.79 Å². The Morgan fingerprint density at radius 2 is 2.03 bits per heavy atom. The summed E-state index contributed by atoms with van der Waals surface area (Å²) in [6.45, 7) is 8.06. The Bertz CT molecular complexity index is 1070. The van der Waals surface area contributed by atoms with Gasteiger partial charge in [0.15, 0.2) is 0 Å². The van der Waals surface area contributed by atoms with E-state index in [1.54, 1.807) is 24.2 Å². The van der Waals surface area contributed by atoms with E-state index in [1.807, 2.05) is 37.4 Å². The summed E-state index contributed by atoms with van der Waals surface area (Å²) in [5.41, 5.74) is 2.04. The molecule has 3 aromatic rings. The number of methoxy groups -OCH3 is 1. The molecule has 2 N–H and O–H groups in total. The number of nitrogens with zero attached hydrogens (tertiary/aromatic N) is 4. The van der Waals surface area contributed by atoms with E-state index in [1.165, 1.54) is 0 Å². The Balaban J connectivity index is 1.77. The molecule has 194 valence electrons. The lowest BCUT2D eigenvalue weighted by Gasteiger charge is -2.21. The summed E-state index contributed by atoms with van der Waals surface area (Å²) in [6.07, 6.45) is 8.14. The summed E-state index contributed by atoms with van der Waals surface area (Å²) in [5.74, 6) is 2.25. The highest BCUT2D eigenvalue weighted by Gasteiger charge is 2.21. The van der Waals surface area contributed by atoms with Crippen molar-refractivity contribution in [2.75, 3.05) is 32.2 Å². The predicted octanol–water partition coefficient (Wildman–Crippen LogP) is 3.83. The van der Waals surface area contributed by atoms with Crippen molar-refractivity contribution in [2.24, 2.45) is 5.92 Å². The number of benzene rings is 1. The summed E-state index contributed by atoms with van der Waals surface area (Å²) in [7, 11) is 1.67. The lowest BCUT2D eigenvalue weighted by Crippen LogP contribution is -2.41. The maximum Gasteiger partial charge on any atom is 0.242 e. The lowest BCUT2D eigenvalue weighted by atomic mass is 10.0. The van der Waals surface area contributed by atoms with Crippen LogP contribution in [0.4, 0.5) is 5.82 Å². The van der Waals surface area contributed by atoms with Crippen LogP contribution in [0.3, 0.4) is 0 Å². The number of aromatic nitrogens is 4. The second-order valence-electron chi connectivity index (χ2n) is 9.03. The van der Waals surface area contributed by atoms with Crippen LogP contribution in [-0.2, 0) is 22.4 Å². The molecule has 0 aliphatic carbocycles. The number of amides is 1. The number of carbonyl (C=O) groups excluding carboxylic acids is 1. The molecule has 0 aliphatic rings. The van der Waals surface area contributed by atoms with Crippen LogP contribution >= 0.6 is 0 Å². The van der Waals surface area contributed by atoms with Gasteiger partial charge in [0.25, 0.3) is 0 Å². The Kier molecular flexibility index (Phi) is 10.7. The number of aryl methyl sites for hydroxylation is 2. The molecule has 1 atom stereocenters. The van der Waals surface area contributed by atoms with E-state index in [0.29, 0.717) is 50.3 Å². The van der Waals surface area contributed by atoms with Crippen molar-refractivity contribution in [3.63, 3.8) is 0 Å². The lowest BCUT2D eigenvalue weighted by molar-refractivity contribution is -0.122. The average molecular weight is 495 g/mol. The van der Waals surface area contributed by atoms with Gasteiger partial charge in [0, 0.05) is 43.9 Å². The fraction of sp³-hybridized carbons (Fsp3) is 0.481. The minimum atomic E-state index is -0.408. The number of imidazole rings is 1. The fourth-order valence-corrected chi connectivity index (χ4v) is 3.81. The van der Waals surface area contributed by atoms with Gasteiger partial charge in [-0.05, 0) is 56.2 Å². The second kappa shape index (κ2) is 14.2. The normalized spacial score (nSPS) is 11.9. The van der Waals surface area contributed by atoms with Crippen molar-refractivity contribution in [3.05, 3.63) is 60.3 Å². The second-order valence-corrected chi connectivity index (χ2v) is 9.03. The van der Waals surface area contributed by atoms with E-state index in [4.69, 9.17) is 14.5 Å². The van der Waals surface area contributed by atoms with Crippen LogP contribution < -0.4 is 15.4 Å². The minimum absolute atomic E-state index is 0.0408. The quantitative estimate of drug-likeness (QED) is 0.310. The van der Waals surface area contributed by atoms with E-state index in [0.717, 1.165) is 29.8 Å². The minimum Gasteiger partial charge on any atom is -0.497 e. The van der Waals surface area contributed by atoms with E-state index >= 15 is 0 Å². The molecular weight excluding hydrogens is 456 g/mol. The smallest absolute Gasteiger partial charge is 0.242 e. The molecule has 0 unspecified atom stereocenters. The van der Waals surface area contributed by atoms with Crippen LogP contribution in [0.1, 0.15) is 44.9 Å². The molecule has 0 spiro atoms. The molecule has 36 heavy (non-hydrogen) atoms. The largest absolute Gasteiger partial charge is 0.497 e. The molecular formula is C27H38N6O3. The Labute approximate surface area is 213 Å². The number of rotatable bonds is 15. The molecule has 9 heteroatoms. The van der Waals surface area contributed by atoms with Gasteiger partial charge in [-0.15, -0.1) is 0 Å². The first-order chi connectivity index (χ1) is 17.5. The van der Waals surface area contributed by atoms with Crippen LogP contribution in [0.25, 0.3) is 5.95 Å². The van der Waals surface area contributed by atoms with Gasteiger partial charge in [-0.1, -0.05) is 26.0 Å². The van der Waals surface area contributed by atoms with Crippen molar-refractivity contribution in [3.8, 4) is 11.7 Å².